The number of amides is 1. The Kier molecular flexibility index (Phi) is 7.51. The lowest BCUT2D eigenvalue weighted by Gasteiger charge is -2.37. The van der Waals surface area contributed by atoms with Gasteiger partial charge in [0.25, 0.3) is 0 Å². The van der Waals surface area contributed by atoms with Crippen molar-refractivity contribution in [1.29, 1.82) is 0 Å². The van der Waals surface area contributed by atoms with Crippen molar-refractivity contribution in [2.75, 3.05) is 11.5 Å². The number of carboxylic acid groups (broad SMARTS) is 1. The standard InChI is InChI=1S/C16H29NO5S/c1-3-5-6-11-23(21,22)12-14(18)17-16(15(19)20)9-7-13(4-2)8-10-16/h13H,3-12H2,1-2H3,(H,17,18)(H,19,20). The van der Waals surface area contributed by atoms with Gasteiger partial charge in [0.15, 0.2) is 9.84 Å². The molecular weight excluding hydrogens is 318 g/mol. The number of hydrogen-bond donors (Lipinski definition) is 2. The first kappa shape index (κ1) is 19.9. The fraction of sp³-hybridized carbons (Fsp3) is 0.875. The van der Waals surface area contributed by atoms with Crippen LogP contribution in [-0.4, -0.2) is 42.4 Å². The van der Waals surface area contributed by atoms with E-state index in [1.165, 1.54) is 0 Å². The van der Waals surface area contributed by atoms with Gasteiger partial charge in [0.1, 0.15) is 11.3 Å². The van der Waals surface area contributed by atoms with Gasteiger partial charge in [0, 0.05) is 0 Å². The van der Waals surface area contributed by atoms with Crippen LogP contribution in [0.1, 0.15) is 65.2 Å². The fourth-order valence-electron chi connectivity index (χ4n) is 3.12. The van der Waals surface area contributed by atoms with Crippen LogP contribution in [0.3, 0.4) is 0 Å². The van der Waals surface area contributed by atoms with E-state index in [1.807, 2.05) is 6.92 Å². The number of rotatable bonds is 9. The van der Waals surface area contributed by atoms with Gasteiger partial charge in [-0.1, -0.05) is 33.1 Å². The molecule has 1 rings (SSSR count). The Morgan fingerprint density at radius 1 is 1.17 bits per heavy atom. The predicted octanol–water partition coefficient (Wildman–Crippen LogP) is 2.13. The van der Waals surface area contributed by atoms with E-state index in [2.05, 4.69) is 12.2 Å². The van der Waals surface area contributed by atoms with E-state index >= 15 is 0 Å². The van der Waals surface area contributed by atoms with Gasteiger partial charge in [-0.3, -0.25) is 4.79 Å². The number of carboxylic acids is 1. The van der Waals surface area contributed by atoms with Crippen molar-refractivity contribution in [3.8, 4) is 0 Å². The fourth-order valence-corrected chi connectivity index (χ4v) is 4.38. The highest BCUT2D eigenvalue weighted by molar-refractivity contribution is 7.92. The second-order valence-corrected chi connectivity index (χ2v) is 8.77. The molecule has 2 N–H and O–H groups in total. The Morgan fingerprint density at radius 2 is 1.78 bits per heavy atom. The van der Waals surface area contributed by atoms with Crippen molar-refractivity contribution in [2.45, 2.75) is 70.8 Å². The van der Waals surface area contributed by atoms with Crippen molar-refractivity contribution in [3.63, 3.8) is 0 Å². The number of unbranched alkanes of at least 4 members (excludes halogenated alkanes) is 2. The third kappa shape index (κ3) is 6.12. The van der Waals surface area contributed by atoms with Crippen molar-refractivity contribution >= 4 is 21.7 Å². The highest BCUT2D eigenvalue weighted by Crippen LogP contribution is 2.34. The van der Waals surface area contributed by atoms with Gasteiger partial charge in [-0.2, -0.15) is 0 Å². The molecule has 0 radical (unpaired) electrons. The maximum atomic E-state index is 12.1. The van der Waals surface area contributed by atoms with E-state index in [4.69, 9.17) is 0 Å². The second-order valence-electron chi connectivity index (χ2n) is 6.59. The molecular formula is C16H29NO5S. The summed E-state index contributed by atoms with van der Waals surface area (Å²) in [4.78, 5) is 23.7. The SMILES string of the molecule is CCCCCS(=O)(=O)CC(=O)NC1(C(=O)O)CCC(CC)CC1. The molecule has 0 bridgehead atoms. The zero-order chi connectivity index (χ0) is 17.5. The summed E-state index contributed by atoms with van der Waals surface area (Å²) >= 11 is 0. The van der Waals surface area contributed by atoms with Gasteiger partial charge in [-0.05, 0) is 38.0 Å². The van der Waals surface area contributed by atoms with Gasteiger partial charge in [-0.15, -0.1) is 0 Å². The Bertz CT molecular complexity index is 507. The molecule has 0 unspecified atom stereocenters. The molecule has 1 fully saturated rings. The van der Waals surface area contributed by atoms with E-state index in [0.717, 1.165) is 32.1 Å². The van der Waals surface area contributed by atoms with Gasteiger partial charge >= 0.3 is 5.97 Å². The van der Waals surface area contributed by atoms with E-state index in [-0.39, 0.29) is 5.75 Å². The van der Waals surface area contributed by atoms with Gasteiger partial charge < -0.3 is 10.4 Å². The van der Waals surface area contributed by atoms with Crippen LogP contribution in [0.4, 0.5) is 0 Å². The Hall–Kier alpha value is -1.11. The number of sulfone groups is 1. The highest BCUT2D eigenvalue weighted by Gasteiger charge is 2.43. The molecule has 0 aromatic rings. The molecule has 0 heterocycles. The number of nitrogens with one attached hydrogen (secondary N) is 1. The Morgan fingerprint density at radius 3 is 2.26 bits per heavy atom. The zero-order valence-corrected chi connectivity index (χ0v) is 15.0. The van der Waals surface area contributed by atoms with Crippen LogP contribution in [0.15, 0.2) is 0 Å². The molecule has 0 saturated heterocycles. The van der Waals surface area contributed by atoms with Crippen molar-refractivity contribution in [3.05, 3.63) is 0 Å². The van der Waals surface area contributed by atoms with Gasteiger partial charge in [-0.25, -0.2) is 13.2 Å². The number of carbonyl (C=O) groups excluding carboxylic acids is 1. The zero-order valence-electron chi connectivity index (χ0n) is 14.1. The van der Waals surface area contributed by atoms with Crippen LogP contribution in [0.5, 0.6) is 0 Å². The molecule has 7 heteroatoms. The van der Waals surface area contributed by atoms with E-state index in [0.29, 0.717) is 25.2 Å². The minimum atomic E-state index is -3.48. The molecule has 0 aromatic carbocycles. The van der Waals surface area contributed by atoms with Crippen molar-refractivity contribution in [2.24, 2.45) is 5.92 Å². The average Bonchev–Trinajstić information content (AvgIpc) is 2.47. The topological polar surface area (TPSA) is 101 Å². The number of aliphatic carboxylic acids is 1. The van der Waals surface area contributed by atoms with Crippen LogP contribution in [0.2, 0.25) is 0 Å². The summed E-state index contributed by atoms with van der Waals surface area (Å²) in [5.41, 5.74) is -1.30. The third-order valence-corrected chi connectivity index (χ3v) is 6.35. The van der Waals surface area contributed by atoms with Crippen LogP contribution in [-0.2, 0) is 19.4 Å². The molecule has 0 spiro atoms. The smallest absolute Gasteiger partial charge is 0.329 e. The maximum absolute atomic E-state index is 12.1. The predicted molar refractivity (Wildman–Crippen MR) is 88.9 cm³/mol. The van der Waals surface area contributed by atoms with Crippen LogP contribution < -0.4 is 5.32 Å². The minimum absolute atomic E-state index is 0.0216. The molecule has 134 valence electrons. The number of hydrogen-bond acceptors (Lipinski definition) is 4. The maximum Gasteiger partial charge on any atom is 0.329 e. The first-order valence-electron chi connectivity index (χ1n) is 8.49. The third-order valence-electron chi connectivity index (χ3n) is 4.73. The van der Waals surface area contributed by atoms with Crippen molar-refractivity contribution < 1.29 is 23.1 Å². The Labute approximate surface area is 139 Å². The molecule has 1 aliphatic rings. The van der Waals surface area contributed by atoms with E-state index in [1.54, 1.807) is 0 Å². The average molecular weight is 347 g/mol. The molecule has 0 aliphatic heterocycles. The minimum Gasteiger partial charge on any atom is -0.480 e. The summed E-state index contributed by atoms with van der Waals surface area (Å²) in [6, 6.07) is 0. The van der Waals surface area contributed by atoms with Crippen LogP contribution >= 0.6 is 0 Å². The lowest BCUT2D eigenvalue weighted by Crippen LogP contribution is -2.57. The van der Waals surface area contributed by atoms with Crippen molar-refractivity contribution in [1.82, 2.24) is 5.32 Å². The van der Waals surface area contributed by atoms with E-state index < -0.39 is 33.0 Å². The first-order chi connectivity index (χ1) is 10.7. The van der Waals surface area contributed by atoms with Gasteiger partial charge in [0.05, 0.1) is 5.75 Å². The molecule has 1 saturated carbocycles. The highest BCUT2D eigenvalue weighted by atomic mass is 32.2. The molecule has 0 aromatic heterocycles. The van der Waals surface area contributed by atoms with Gasteiger partial charge in [0.2, 0.25) is 5.91 Å². The summed E-state index contributed by atoms with van der Waals surface area (Å²) in [5.74, 6) is -1.92. The molecule has 1 aliphatic carbocycles. The van der Waals surface area contributed by atoms with Crippen LogP contribution in [0, 0.1) is 5.92 Å². The summed E-state index contributed by atoms with van der Waals surface area (Å²) in [6.07, 6.45) is 5.45. The largest absolute Gasteiger partial charge is 0.480 e. The van der Waals surface area contributed by atoms with Crippen LogP contribution in [0.25, 0.3) is 0 Å². The first-order valence-corrected chi connectivity index (χ1v) is 10.3. The lowest BCUT2D eigenvalue weighted by atomic mass is 9.75. The summed E-state index contributed by atoms with van der Waals surface area (Å²) in [7, 11) is -3.48. The summed E-state index contributed by atoms with van der Waals surface area (Å²) in [6.45, 7) is 4.04. The summed E-state index contributed by atoms with van der Waals surface area (Å²) < 4.78 is 23.8. The molecule has 0 atom stereocenters. The second kappa shape index (κ2) is 8.66. The summed E-state index contributed by atoms with van der Waals surface area (Å²) in [5, 5.41) is 12.0. The normalized spacial score (nSPS) is 25.0. The molecule has 6 nitrogen and oxygen atoms in total. The number of carbonyl (C=O) groups is 2. The molecule has 23 heavy (non-hydrogen) atoms. The monoisotopic (exact) mass is 347 g/mol. The Balaban J connectivity index is 2.64. The molecule has 1 amide bonds. The van der Waals surface area contributed by atoms with E-state index in [9.17, 15) is 23.1 Å². The lowest BCUT2D eigenvalue weighted by molar-refractivity contribution is -0.149. The quantitative estimate of drug-likeness (QED) is 0.622.